The van der Waals surface area contributed by atoms with Gasteiger partial charge in [-0.2, -0.15) is 11.8 Å². The molecule has 0 aliphatic heterocycles. The van der Waals surface area contributed by atoms with E-state index in [4.69, 9.17) is 4.74 Å². The summed E-state index contributed by atoms with van der Waals surface area (Å²) in [6.07, 6.45) is 5.91. The molecule has 0 radical (unpaired) electrons. The molecule has 2 atom stereocenters. The van der Waals surface area contributed by atoms with Gasteiger partial charge in [0.15, 0.2) is 0 Å². The Morgan fingerprint density at radius 3 is 2.68 bits per heavy atom. The summed E-state index contributed by atoms with van der Waals surface area (Å²) in [5.41, 5.74) is -0.425. The normalized spacial score (nSPS) is 22.4. The van der Waals surface area contributed by atoms with E-state index in [0.29, 0.717) is 12.0 Å². The predicted molar refractivity (Wildman–Crippen MR) is 95.6 cm³/mol. The second-order valence-corrected chi connectivity index (χ2v) is 8.43. The summed E-state index contributed by atoms with van der Waals surface area (Å²) >= 11 is 2.00. The lowest BCUT2D eigenvalue weighted by Gasteiger charge is -2.32. The smallest absolute Gasteiger partial charge is 0.407 e. The standard InChI is InChI=1S/C17H34N2O2S/c1-5-22-12-8-11-18-15-10-7-6-9-14(15)13-19-16(20)21-17(2,3)4/h14-15,18H,5-13H2,1-4H3,(H,19,20). The van der Waals surface area contributed by atoms with Gasteiger partial charge in [-0.3, -0.25) is 0 Å². The van der Waals surface area contributed by atoms with Gasteiger partial charge in [0.25, 0.3) is 0 Å². The van der Waals surface area contributed by atoms with Gasteiger partial charge in [0, 0.05) is 12.6 Å². The van der Waals surface area contributed by atoms with Crippen molar-refractivity contribution in [2.24, 2.45) is 5.92 Å². The van der Waals surface area contributed by atoms with Crippen LogP contribution in [0.15, 0.2) is 0 Å². The number of nitrogens with one attached hydrogen (secondary N) is 2. The number of hydrogen-bond acceptors (Lipinski definition) is 4. The average molecular weight is 331 g/mol. The maximum atomic E-state index is 11.8. The summed E-state index contributed by atoms with van der Waals surface area (Å²) in [7, 11) is 0. The van der Waals surface area contributed by atoms with Crippen LogP contribution in [0.25, 0.3) is 0 Å². The van der Waals surface area contributed by atoms with Crippen molar-refractivity contribution < 1.29 is 9.53 Å². The lowest BCUT2D eigenvalue weighted by Crippen LogP contribution is -2.45. The summed E-state index contributed by atoms with van der Waals surface area (Å²) < 4.78 is 5.32. The van der Waals surface area contributed by atoms with E-state index in [1.165, 1.54) is 43.6 Å². The summed E-state index contributed by atoms with van der Waals surface area (Å²) in [4.78, 5) is 11.8. The van der Waals surface area contributed by atoms with Gasteiger partial charge in [0.1, 0.15) is 5.60 Å². The molecule has 5 heteroatoms. The van der Waals surface area contributed by atoms with Gasteiger partial charge in [-0.05, 0) is 64.0 Å². The van der Waals surface area contributed by atoms with Crippen molar-refractivity contribution in [1.29, 1.82) is 0 Å². The molecule has 0 bridgehead atoms. The molecule has 0 aromatic rings. The highest BCUT2D eigenvalue weighted by Crippen LogP contribution is 2.24. The Kier molecular flexibility index (Phi) is 9.25. The minimum Gasteiger partial charge on any atom is -0.444 e. The third kappa shape index (κ3) is 8.89. The molecule has 1 aliphatic rings. The van der Waals surface area contributed by atoms with E-state index in [-0.39, 0.29) is 6.09 Å². The first-order valence-corrected chi connectivity index (χ1v) is 9.86. The first-order valence-electron chi connectivity index (χ1n) is 8.70. The Morgan fingerprint density at radius 2 is 2.00 bits per heavy atom. The van der Waals surface area contributed by atoms with Crippen LogP contribution in [0, 0.1) is 5.92 Å². The molecule has 1 rings (SSSR count). The Morgan fingerprint density at radius 1 is 1.27 bits per heavy atom. The van der Waals surface area contributed by atoms with Crippen LogP contribution in [-0.2, 0) is 4.74 Å². The van der Waals surface area contributed by atoms with E-state index in [2.05, 4.69) is 17.6 Å². The number of carbonyl (C=O) groups excluding carboxylic acids is 1. The topological polar surface area (TPSA) is 50.4 Å². The fraction of sp³-hybridized carbons (Fsp3) is 0.941. The molecule has 1 amide bonds. The van der Waals surface area contributed by atoms with Gasteiger partial charge in [0.2, 0.25) is 0 Å². The van der Waals surface area contributed by atoms with E-state index in [0.717, 1.165) is 13.1 Å². The molecule has 0 aromatic heterocycles. The molecule has 2 N–H and O–H groups in total. The fourth-order valence-corrected chi connectivity index (χ4v) is 3.49. The van der Waals surface area contributed by atoms with Crippen LogP contribution >= 0.6 is 11.8 Å². The van der Waals surface area contributed by atoms with Crippen LogP contribution in [0.1, 0.15) is 59.8 Å². The molecule has 22 heavy (non-hydrogen) atoms. The molecule has 0 spiro atoms. The zero-order chi connectivity index (χ0) is 16.4. The Balaban J connectivity index is 2.27. The monoisotopic (exact) mass is 330 g/mol. The molecule has 4 nitrogen and oxygen atoms in total. The summed E-state index contributed by atoms with van der Waals surface area (Å²) in [6.45, 7) is 9.69. The fourth-order valence-electron chi connectivity index (χ4n) is 2.86. The maximum absolute atomic E-state index is 11.8. The number of rotatable bonds is 8. The maximum Gasteiger partial charge on any atom is 0.407 e. The summed E-state index contributed by atoms with van der Waals surface area (Å²) in [5, 5.41) is 6.64. The van der Waals surface area contributed by atoms with Gasteiger partial charge >= 0.3 is 6.09 Å². The van der Waals surface area contributed by atoms with Gasteiger partial charge in [-0.1, -0.05) is 19.8 Å². The number of alkyl carbamates (subject to hydrolysis) is 1. The number of ether oxygens (including phenoxy) is 1. The molecular weight excluding hydrogens is 296 g/mol. The molecule has 1 fully saturated rings. The highest BCUT2D eigenvalue weighted by Gasteiger charge is 2.25. The van der Waals surface area contributed by atoms with E-state index < -0.39 is 5.60 Å². The largest absolute Gasteiger partial charge is 0.444 e. The van der Waals surface area contributed by atoms with Crippen LogP contribution in [0.5, 0.6) is 0 Å². The number of thioether (sulfide) groups is 1. The minimum atomic E-state index is -0.425. The second-order valence-electron chi connectivity index (χ2n) is 7.04. The van der Waals surface area contributed by atoms with E-state index in [1.807, 2.05) is 32.5 Å². The second kappa shape index (κ2) is 10.4. The highest BCUT2D eigenvalue weighted by atomic mass is 32.2. The van der Waals surface area contributed by atoms with Crippen molar-refractivity contribution in [3.8, 4) is 0 Å². The Hall–Kier alpha value is -0.420. The Labute approximate surface area is 140 Å². The zero-order valence-corrected chi connectivity index (χ0v) is 15.6. The van der Waals surface area contributed by atoms with Gasteiger partial charge in [0.05, 0.1) is 0 Å². The molecule has 0 aromatic carbocycles. The van der Waals surface area contributed by atoms with Gasteiger partial charge < -0.3 is 15.4 Å². The van der Waals surface area contributed by atoms with Gasteiger partial charge in [-0.25, -0.2) is 4.79 Å². The van der Waals surface area contributed by atoms with Crippen molar-refractivity contribution in [3.63, 3.8) is 0 Å². The van der Waals surface area contributed by atoms with Crippen molar-refractivity contribution in [1.82, 2.24) is 10.6 Å². The first-order chi connectivity index (χ1) is 10.4. The average Bonchev–Trinajstić information content (AvgIpc) is 2.44. The quantitative estimate of drug-likeness (QED) is 0.665. The van der Waals surface area contributed by atoms with E-state index in [9.17, 15) is 4.79 Å². The van der Waals surface area contributed by atoms with Crippen LogP contribution in [-0.4, -0.2) is 42.3 Å². The van der Waals surface area contributed by atoms with Crippen LogP contribution in [0.2, 0.25) is 0 Å². The Bertz CT molecular complexity index is 318. The predicted octanol–water partition coefficient (Wildman–Crippen LogP) is 3.80. The lowest BCUT2D eigenvalue weighted by atomic mass is 9.84. The molecule has 130 valence electrons. The van der Waals surface area contributed by atoms with Crippen LogP contribution in [0.4, 0.5) is 4.79 Å². The molecule has 1 saturated carbocycles. The third-order valence-corrected chi connectivity index (χ3v) is 4.88. The minimum absolute atomic E-state index is 0.295. The molecule has 1 aliphatic carbocycles. The highest BCUT2D eigenvalue weighted by molar-refractivity contribution is 7.99. The number of amides is 1. The number of hydrogen-bond donors (Lipinski definition) is 2. The van der Waals surface area contributed by atoms with E-state index >= 15 is 0 Å². The molecular formula is C17H34N2O2S. The summed E-state index contributed by atoms with van der Waals surface area (Å²) in [6, 6.07) is 0.537. The SMILES string of the molecule is CCSCCCNC1CCCCC1CNC(=O)OC(C)(C)C. The van der Waals surface area contributed by atoms with Crippen molar-refractivity contribution in [3.05, 3.63) is 0 Å². The summed E-state index contributed by atoms with van der Waals surface area (Å²) in [5.74, 6) is 2.96. The molecule has 0 heterocycles. The molecule has 2 unspecified atom stereocenters. The van der Waals surface area contributed by atoms with Crippen LogP contribution < -0.4 is 10.6 Å². The van der Waals surface area contributed by atoms with Crippen molar-refractivity contribution in [2.45, 2.75) is 71.4 Å². The van der Waals surface area contributed by atoms with Crippen LogP contribution in [0.3, 0.4) is 0 Å². The van der Waals surface area contributed by atoms with E-state index in [1.54, 1.807) is 0 Å². The lowest BCUT2D eigenvalue weighted by molar-refractivity contribution is 0.0510. The number of carbonyl (C=O) groups is 1. The zero-order valence-electron chi connectivity index (χ0n) is 14.7. The van der Waals surface area contributed by atoms with Gasteiger partial charge in [-0.15, -0.1) is 0 Å². The molecule has 0 saturated heterocycles. The first kappa shape index (κ1) is 19.6. The van der Waals surface area contributed by atoms with Crippen molar-refractivity contribution in [2.75, 3.05) is 24.6 Å². The third-order valence-electron chi connectivity index (χ3n) is 3.89. The van der Waals surface area contributed by atoms with Crippen molar-refractivity contribution >= 4 is 17.9 Å².